The van der Waals surface area contributed by atoms with Crippen molar-refractivity contribution in [2.24, 2.45) is 18.9 Å². The summed E-state index contributed by atoms with van der Waals surface area (Å²) in [6.45, 7) is 9.26. The maximum atomic E-state index is 12.6. The number of rotatable bonds is 8. The van der Waals surface area contributed by atoms with E-state index in [4.69, 9.17) is 4.74 Å². The maximum absolute atomic E-state index is 12.6. The summed E-state index contributed by atoms with van der Waals surface area (Å²) >= 11 is 0. The average molecular weight is 343 g/mol. The molecule has 0 bridgehead atoms. The van der Waals surface area contributed by atoms with Crippen molar-refractivity contribution in [3.05, 3.63) is 41.6 Å². The second-order valence-corrected chi connectivity index (χ2v) is 7.33. The fraction of sp³-hybridized carbons (Fsp3) is 0.500. The lowest BCUT2D eigenvalue weighted by molar-refractivity contribution is 0.102. The summed E-state index contributed by atoms with van der Waals surface area (Å²) in [6, 6.07) is 7.57. The molecule has 1 amide bonds. The number of carbonyl (C=O) groups excluding carboxylic acids is 1. The molecule has 0 spiro atoms. The van der Waals surface area contributed by atoms with E-state index in [2.05, 4.69) is 38.1 Å². The van der Waals surface area contributed by atoms with Crippen LogP contribution in [-0.4, -0.2) is 22.3 Å². The van der Waals surface area contributed by atoms with Crippen LogP contribution in [0.15, 0.2) is 30.5 Å². The van der Waals surface area contributed by atoms with Crippen molar-refractivity contribution in [2.75, 3.05) is 11.9 Å². The Hall–Kier alpha value is -2.30. The lowest BCUT2D eigenvalue weighted by Crippen LogP contribution is -2.14. The van der Waals surface area contributed by atoms with Gasteiger partial charge in [0.1, 0.15) is 5.75 Å². The van der Waals surface area contributed by atoms with E-state index in [9.17, 15) is 4.79 Å². The normalized spacial score (nSPS) is 11.2. The standard InChI is InChI=1S/C20H29N3O2/c1-14(2)6-7-16-10-17(12-18(11-16)25-13-15(3)4)20(24)21-19-8-9-23(5)22-19/h8-12,14-15H,6-7,13H2,1-5H3,(H,21,22,24). The van der Waals surface area contributed by atoms with E-state index < -0.39 is 0 Å². The molecule has 0 aliphatic heterocycles. The molecular weight excluding hydrogens is 314 g/mol. The Kier molecular flexibility index (Phi) is 6.62. The molecule has 25 heavy (non-hydrogen) atoms. The molecule has 1 N–H and O–H groups in total. The number of hydrogen-bond donors (Lipinski definition) is 1. The van der Waals surface area contributed by atoms with Gasteiger partial charge in [-0.15, -0.1) is 0 Å². The number of amides is 1. The first-order valence-electron chi connectivity index (χ1n) is 8.91. The minimum atomic E-state index is -0.167. The third kappa shape index (κ3) is 6.25. The van der Waals surface area contributed by atoms with Crippen LogP contribution in [0.1, 0.15) is 50.0 Å². The van der Waals surface area contributed by atoms with Gasteiger partial charge >= 0.3 is 0 Å². The van der Waals surface area contributed by atoms with Gasteiger partial charge in [0.25, 0.3) is 5.91 Å². The van der Waals surface area contributed by atoms with Crippen molar-refractivity contribution in [1.29, 1.82) is 0 Å². The zero-order chi connectivity index (χ0) is 18.4. The molecule has 0 radical (unpaired) electrons. The molecule has 5 nitrogen and oxygen atoms in total. The highest BCUT2D eigenvalue weighted by Gasteiger charge is 2.12. The molecule has 0 aliphatic carbocycles. The summed E-state index contributed by atoms with van der Waals surface area (Å²) in [7, 11) is 1.82. The maximum Gasteiger partial charge on any atom is 0.257 e. The quantitative estimate of drug-likeness (QED) is 0.777. The highest BCUT2D eigenvalue weighted by Crippen LogP contribution is 2.21. The van der Waals surface area contributed by atoms with Crippen molar-refractivity contribution >= 4 is 11.7 Å². The lowest BCUT2D eigenvalue weighted by atomic mass is 10.0. The predicted molar refractivity (Wildman–Crippen MR) is 101 cm³/mol. The van der Waals surface area contributed by atoms with Crippen molar-refractivity contribution in [3.63, 3.8) is 0 Å². The zero-order valence-corrected chi connectivity index (χ0v) is 15.9. The molecule has 0 unspecified atom stereocenters. The van der Waals surface area contributed by atoms with Crippen LogP contribution in [-0.2, 0) is 13.5 Å². The number of anilines is 1. The Balaban J connectivity index is 2.19. The van der Waals surface area contributed by atoms with E-state index in [1.54, 1.807) is 23.0 Å². The lowest BCUT2D eigenvalue weighted by Gasteiger charge is -2.13. The Bertz CT molecular complexity index is 674. The fourth-order valence-electron chi connectivity index (χ4n) is 2.41. The van der Waals surface area contributed by atoms with Gasteiger partial charge in [-0.1, -0.05) is 27.7 Å². The van der Waals surface area contributed by atoms with Gasteiger partial charge in [0.05, 0.1) is 6.61 Å². The van der Waals surface area contributed by atoms with Crippen molar-refractivity contribution < 1.29 is 9.53 Å². The van der Waals surface area contributed by atoms with Gasteiger partial charge in [0.2, 0.25) is 0 Å². The highest BCUT2D eigenvalue weighted by atomic mass is 16.5. The Morgan fingerprint density at radius 3 is 2.56 bits per heavy atom. The average Bonchev–Trinajstić information content (AvgIpc) is 2.95. The van der Waals surface area contributed by atoms with Crippen LogP contribution < -0.4 is 10.1 Å². The summed E-state index contributed by atoms with van der Waals surface area (Å²) in [4.78, 5) is 12.6. The molecule has 1 aromatic heterocycles. The van der Waals surface area contributed by atoms with E-state index in [0.29, 0.717) is 29.8 Å². The molecule has 5 heteroatoms. The van der Waals surface area contributed by atoms with Gasteiger partial charge < -0.3 is 10.1 Å². The number of aryl methyl sites for hydroxylation is 2. The molecule has 0 aliphatic rings. The Labute approximate surface area is 150 Å². The van der Waals surface area contributed by atoms with E-state index >= 15 is 0 Å². The zero-order valence-electron chi connectivity index (χ0n) is 15.9. The van der Waals surface area contributed by atoms with E-state index in [-0.39, 0.29) is 5.91 Å². The van der Waals surface area contributed by atoms with Gasteiger partial charge in [-0.2, -0.15) is 5.10 Å². The van der Waals surface area contributed by atoms with Crippen LogP contribution in [0.3, 0.4) is 0 Å². The molecule has 1 heterocycles. The van der Waals surface area contributed by atoms with Gasteiger partial charge in [0, 0.05) is 24.9 Å². The molecule has 136 valence electrons. The molecule has 2 rings (SSSR count). The monoisotopic (exact) mass is 343 g/mol. The largest absolute Gasteiger partial charge is 0.493 e. The molecular formula is C20H29N3O2. The van der Waals surface area contributed by atoms with Crippen molar-refractivity contribution in [1.82, 2.24) is 9.78 Å². The van der Waals surface area contributed by atoms with Crippen LogP contribution in [0.25, 0.3) is 0 Å². The third-order valence-electron chi connectivity index (χ3n) is 3.78. The number of carbonyl (C=O) groups is 1. The number of nitrogens with one attached hydrogen (secondary N) is 1. The third-order valence-corrected chi connectivity index (χ3v) is 3.78. The summed E-state index contributed by atoms with van der Waals surface area (Å²) in [5, 5.41) is 7.03. The second-order valence-electron chi connectivity index (χ2n) is 7.33. The molecule has 0 atom stereocenters. The second kappa shape index (κ2) is 8.70. The number of aromatic nitrogens is 2. The van der Waals surface area contributed by atoms with Crippen LogP contribution in [0.4, 0.5) is 5.82 Å². The number of hydrogen-bond acceptors (Lipinski definition) is 3. The van der Waals surface area contributed by atoms with Crippen LogP contribution in [0, 0.1) is 11.8 Å². The van der Waals surface area contributed by atoms with E-state index in [0.717, 1.165) is 24.2 Å². The predicted octanol–water partition coefficient (Wildman–Crippen LogP) is 4.30. The molecule has 0 saturated carbocycles. The SMILES string of the molecule is CC(C)CCc1cc(OCC(C)C)cc(C(=O)Nc2ccn(C)n2)c1. The van der Waals surface area contributed by atoms with Gasteiger partial charge in [-0.3, -0.25) is 9.48 Å². The first kappa shape index (κ1) is 19.0. The fourth-order valence-corrected chi connectivity index (χ4v) is 2.41. The van der Waals surface area contributed by atoms with Gasteiger partial charge in [-0.05, 0) is 48.4 Å². The minimum Gasteiger partial charge on any atom is -0.493 e. The number of nitrogens with zero attached hydrogens (tertiary/aromatic N) is 2. The minimum absolute atomic E-state index is 0.167. The van der Waals surface area contributed by atoms with Gasteiger partial charge in [0.15, 0.2) is 5.82 Å². The van der Waals surface area contributed by atoms with Crippen LogP contribution in [0.2, 0.25) is 0 Å². The first-order chi connectivity index (χ1) is 11.8. The number of ether oxygens (including phenoxy) is 1. The number of benzene rings is 1. The summed E-state index contributed by atoms with van der Waals surface area (Å²) in [6.07, 6.45) is 3.81. The van der Waals surface area contributed by atoms with Crippen LogP contribution in [0.5, 0.6) is 5.75 Å². The molecule has 0 saturated heterocycles. The van der Waals surface area contributed by atoms with Crippen molar-refractivity contribution in [2.45, 2.75) is 40.5 Å². The van der Waals surface area contributed by atoms with Gasteiger partial charge in [-0.25, -0.2) is 0 Å². The first-order valence-corrected chi connectivity index (χ1v) is 8.91. The van der Waals surface area contributed by atoms with Crippen LogP contribution >= 0.6 is 0 Å². The van der Waals surface area contributed by atoms with E-state index in [1.165, 1.54) is 0 Å². The van der Waals surface area contributed by atoms with E-state index in [1.807, 2.05) is 19.2 Å². The Morgan fingerprint density at radius 1 is 1.20 bits per heavy atom. The summed E-state index contributed by atoms with van der Waals surface area (Å²) in [5.41, 5.74) is 1.73. The topological polar surface area (TPSA) is 56.1 Å². The summed E-state index contributed by atoms with van der Waals surface area (Å²) in [5.74, 6) is 2.18. The molecule has 0 fully saturated rings. The molecule has 1 aromatic carbocycles. The smallest absolute Gasteiger partial charge is 0.257 e. The molecule has 2 aromatic rings. The Morgan fingerprint density at radius 2 is 1.96 bits per heavy atom. The van der Waals surface area contributed by atoms with Crippen molar-refractivity contribution in [3.8, 4) is 5.75 Å². The highest BCUT2D eigenvalue weighted by molar-refractivity contribution is 6.04. The summed E-state index contributed by atoms with van der Waals surface area (Å²) < 4.78 is 7.52.